The highest BCUT2D eigenvalue weighted by molar-refractivity contribution is 5.80. The summed E-state index contributed by atoms with van der Waals surface area (Å²) in [7, 11) is 0. The predicted molar refractivity (Wildman–Crippen MR) is 75.2 cm³/mol. The Bertz CT molecular complexity index is 545. The standard InChI is InChI=1S/C17H18/c1-12-6-9-16(10-7-12)15(4)17-11-13(2)5-8-14(17)3/h5-11H,4H2,1-3H3. The lowest BCUT2D eigenvalue weighted by molar-refractivity contribution is 1.35. The third-order valence-electron chi connectivity index (χ3n) is 3.12. The minimum atomic E-state index is 1.10. The minimum absolute atomic E-state index is 1.10. The molecule has 0 heteroatoms. The molecule has 2 aromatic carbocycles. The van der Waals surface area contributed by atoms with Crippen LogP contribution >= 0.6 is 0 Å². The molecule has 0 saturated carbocycles. The maximum atomic E-state index is 4.23. The van der Waals surface area contributed by atoms with Crippen molar-refractivity contribution >= 4 is 5.57 Å². The molecule has 0 amide bonds. The van der Waals surface area contributed by atoms with Gasteiger partial charge in [0, 0.05) is 0 Å². The Labute approximate surface area is 104 Å². The maximum absolute atomic E-state index is 4.23. The summed E-state index contributed by atoms with van der Waals surface area (Å²) in [5.74, 6) is 0. The molecule has 0 aliphatic carbocycles. The first-order valence-corrected chi connectivity index (χ1v) is 5.91. The van der Waals surface area contributed by atoms with Gasteiger partial charge in [-0.3, -0.25) is 0 Å². The zero-order valence-electron chi connectivity index (χ0n) is 10.7. The van der Waals surface area contributed by atoms with Gasteiger partial charge in [0.25, 0.3) is 0 Å². The summed E-state index contributed by atoms with van der Waals surface area (Å²) in [6.45, 7) is 10.6. The highest BCUT2D eigenvalue weighted by Gasteiger charge is 2.05. The Balaban J connectivity index is 2.43. The first-order chi connectivity index (χ1) is 8.08. The smallest absolute Gasteiger partial charge is 0.0152 e. The van der Waals surface area contributed by atoms with Crippen LogP contribution < -0.4 is 0 Å². The molecule has 2 rings (SSSR count). The minimum Gasteiger partial charge on any atom is -0.0905 e. The van der Waals surface area contributed by atoms with Crippen molar-refractivity contribution in [1.29, 1.82) is 0 Å². The van der Waals surface area contributed by atoms with Gasteiger partial charge in [0.2, 0.25) is 0 Å². The van der Waals surface area contributed by atoms with Crippen molar-refractivity contribution in [3.8, 4) is 0 Å². The van der Waals surface area contributed by atoms with E-state index in [0.717, 1.165) is 5.57 Å². The summed E-state index contributed by atoms with van der Waals surface area (Å²) in [6.07, 6.45) is 0. The average molecular weight is 222 g/mol. The lowest BCUT2D eigenvalue weighted by Crippen LogP contribution is -1.91. The van der Waals surface area contributed by atoms with Crippen molar-refractivity contribution in [2.45, 2.75) is 20.8 Å². The zero-order chi connectivity index (χ0) is 12.4. The number of hydrogen-bond acceptors (Lipinski definition) is 0. The van der Waals surface area contributed by atoms with E-state index in [0.29, 0.717) is 0 Å². The van der Waals surface area contributed by atoms with Gasteiger partial charge in [-0.15, -0.1) is 0 Å². The SMILES string of the molecule is C=C(c1ccc(C)cc1)c1cc(C)ccc1C. The largest absolute Gasteiger partial charge is 0.0905 e. The Kier molecular flexibility index (Phi) is 3.14. The molecule has 0 fully saturated rings. The summed E-state index contributed by atoms with van der Waals surface area (Å²) in [5, 5.41) is 0. The second-order valence-electron chi connectivity index (χ2n) is 4.66. The van der Waals surface area contributed by atoms with Gasteiger partial charge in [0.05, 0.1) is 0 Å². The summed E-state index contributed by atoms with van der Waals surface area (Å²) < 4.78 is 0. The van der Waals surface area contributed by atoms with Crippen LogP contribution in [0.3, 0.4) is 0 Å². The molecule has 0 nitrogen and oxygen atoms in total. The van der Waals surface area contributed by atoms with E-state index in [9.17, 15) is 0 Å². The van der Waals surface area contributed by atoms with Gasteiger partial charge in [-0.05, 0) is 43.0 Å². The topological polar surface area (TPSA) is 0 Å². The molecular weight excluding hydrogens is 204 g/mol. The van der Waals surface area contributed by atoms with E-state index >= 15 is 0 Å². The van der Waals surface area contributed by atoms with Gasteiger partial charge >= 0.3 is 0 Å². The van der Waals surface area contributed by atoms with Crippen LogP contribution in [0.1, 0.15) is 27.8 Å². The molecule has 2 aromatic rings. The van der Waals surface area contributed by atoms with E-state index in [-0.39, 0.29) is 0 Å². The Morgan fingerprint density at radius 2 is 1.41 bits per heavy atom. The van der Waals surface area contributed by atoms with Crippen LogP contribution in [0.15, 0.2) is 49.0 Å². The molecule has 0 atom stereocenters. The third-order valence-corrected chi connectivity index (χ3v) is 3.12. The molecule has 0 aliphatic rings. The lowest BCUT2D eigenvalue weighted by Gasteiger charge is -2.11. The molecule has 17 heavy (non-hydrogen) atoms. The van der Waals surface area contributed by atoms with Crippen LogP contribution in [0.5, 0.6) is 0 Å². The van der Waals surface area contributed by atoms with E-state index in [1.807, 2.05) is 0 Å². The van der Waals surface area contributed by atoms with Gasteiger partial charge < -0.3 is 0 Å². The molecule has 0 bridgehead atoms. The fourth-order valence-electron chi connectivity index (χ4n) is 1.97. The first kappa shape index (κ1) is 11.7. The fraction of sp³-hybridized carbons (Fsp3) is 0.176. The van der Waals surface area contributed by atoms with Crippen LogP contribution in [0.2, 0.25) is 0 Å². The monoisotopic (exact) mass is 222 g/mol. The molecule has 0 aromatic heterocycles. The molecule has 86 valence electrons. The van der Waals surface area contributed by atoms with Crippen molar-refractivity contribution < 1.29 is 0 Å². The van der Waals surface area contributed by atoms with Crippen LogP contribution in [0.25, 0.3) is 5.57 Å². The summed E-state index contributed by atoms with van der Waals surface area (Å²) >= 11 is 0. The highest BCUT2D eigenvalue weighted by Crippen LogP contribution is 2.25. The molecule has 0 radical (unpaired) electrons. The molecular formula is C17H18. The van der Waals surface area contributed by atoms with Gasteiger partial charge in [-0.25, -0.2) is 0 Å². The summed E-state index contributed by atoms with van der Waals surface area (Å²) in [6, 6.07) is 15.0. The van der Waals surface area contributed by atoms with Gasteiger partial charge in [-0.1, -0.05) is 60.2 Å². The predicted octanol–water partition coefficient (Wildman–Crippen LogP) is 4.67. The van der Waals surface area contributed by atoms with Crippen LogP contribution in [0, 0.1) is 20.8 Å². The van der Waals surface area contributed by atoms with Crippen LogP contribution in [-0.2, 0) is 0 Å². The third kappa shape index (κ3) is 2.47. The number of rotatable bonds is 2. The van der Waals surface area contributed by atoms with E-state index in [1.165, 1.54) is 27.8 Å². The zero-order valence-corrected chi connectivity index (χ0v) is 10.7. The highest BCUT2D eigenvalue weighted by atomic mass is 14.1. The lowest BCUT2D eigenvalue weighted by atomic mass is 9.94. The number of benzene rings is 2. The second kappa shape index (κ2) is 4.58. The fourth-order valence-corrected chi connectivity index (χ4v) is 1.97. The first-order valence-electron chi connectivity index (χ1n) is 5.91. The number of hydrogen-bond donors (Lipinski definition) is 0. The second-order valence-corrected chi connectivity index (χ2v) is 4.66. The number of aryl methyl sites for hydroxylation is 3. The maximum Gasteiger partial charge on any atom is -0.0152 e. The summed E-state index contributed by atoms with van der Waals surface area (Å²) in [4.78, 5) is 0. The summed E-state index contributed by atoms with van der Waals surface area (Å²) in [5.41, 5.74) is 7.38. The van der Waals surface area contributed by atoms with Gasteiger partial charge in [-0.2, -0.15) is 0 Å². The normalized spacial score (nSPS) is 10.3. The Hall–Kier alpha value is -1.82. The van der Waals surface area contributed by atoms with Gasteiger partial charge in [0.15, 0.2) is 0 Å². The van der Waals surface area contributed by atoms with Crippen molar-refractivity contribution in [2.75, 3.05) is 0 Å². The average Bonchev–Trinajstić information content (AvgIpc) is 2.32. The molecule has 0 heterocycles. The van der Waals surface area contributed by atoms with Crippen LogP contribution in [0.4, 0.5) is 0 Å². The van der Waals surface area contributed by atoms with Crippen LogP contribution in [-0.4, -0.2) is 0 Å². The van der Waals surface area contributed by atoms with E-state index < -0.39 is 0 Å². The quantitative estimate of drug-likeness (QED) is 0.692. The van der Waals surface area contributed by atoms with E-state index in [1.54, 1.807) is 0 Å². The molecule has 0 spiro atoms. The van der Waals surface area contributed by atoms with E-state index in [4.69, 9.17) is 0 Å². The van der Waals surface area contributed by atoms with Crippen molar-refractivity contribution in [1.82, 2.24) is 0 Å². The Morgan fingerprint density at radius 3 is 2.06 bits per heavy atom. The van der Waals surface area contributed by atoms with Crippen molar-refractivity contribution in [3.63, 3.8) is 0 Å². The molecule has 0 saturated heterocycles. The van der Waals surface area contributed by atoms with Crippen molar-refractivity contribution in [2.24, 2.45) is 0 Å². The van der Waals surface area contributed by atoms with Crippen molar-refractivity contribution in [3.05, 3.63) is 76.9 Å². The van der Waals surface area contributed by atoms with E-state index in [2.05, 4.69) is 69.8 Å². The molecule has 0 N–H and O–H groups in total. The Morgan fingerprint density at radius 1 is 0.824 bits per heavy atom. The van der Waals surface area contributed by atoms with Gasteiger partial charge in [0.1, 0.15) is 0 Å². The molecule has 0 aliphatic heterocycles. The molecule has 0 unspecified atom stereocenters.